The van der Waals surface area contributed by atoms with Crippen LogP contribution in [0.2, 0.25) is 0 Å². The maximum atomic E-state index is 18.3. The third-order valence-corrected chi connectivity index (χ3v) is 19.8. The molecular weight excluding hydrogens is 1640 g/mol. The molecule has 10 rings (SSSR count). The molecule has 29 nitrogen and oxygen atoms in total. The number of nitrogens with one attached hydrogen (secondary N) is 4. The molecule has 2 aliphatic rings. The number of ether oxygens (including phenoxy) is 11. The summed E-state index contributed by atoms with van der Waals surface area (Å²) in [4.78, 5) is 64.7. The van der Waals surface area contributed by atoms with Crippen LogP contribution in [0, 0.1) is 10.5 Å². The molecule has 4 aromatic heterocycles. The van der Waals surface area contributed by atoms with Gasteiger partial charge in [0.2, 0.25) is 11.9 Å². The van der Waals surface area contributed by atoms with Crippen molar-refractivity contribution in [2.45, 2.75) is 52.4 Å². The third-order valence-electron chi connectivity index (χ3n) is 17.0. The number of carbonyl (C=O) groups is 3. The Balaban J connectivity index is 0.700. The molecule has 0 saturated heterocycles. The summed E-state index contributed by atoms with van der Waals surface area (Å²) in [6.45, 7) is 6.33. The second-order valence-corrected chi connectivity index (χ2v) is 26.8. The number of nitrogen functional groups attached to an aromatic ring is 1. The zero-order valence-corrected chi connectivity index (χ0v) is 65.0. The molecule has 109 heavy (non-hydrogen) atoms. The van der Waals surface area contributed by atoms with Gasteiger partial charge in [0.1, 0.15) is 48.8 Å². The van der Waals surface area contributed by atoms with E-state index in [1.165, 1.54) is 27.3 Å². The van der Waals surface area contributed by atoms with Crippen molar-refractivity contribution in [3.8, 4) is 17.2 Å². The number of nitrogens with two attached hydrogens (primary N) is 1. The summed E-state index contributed by atoms with van der Waals surface area (Å²) >= 11 is 4.37. The Labute approximate surface area is 654 Å². The predicted octanol–water partition coefficient (Wildman–Crippen LogP) is 8.78. The molecule has 4 aromatic carbocycles. The molecule has 2 amide bonds. The number of amides is 2. The van der Waals surface area contributed by atoms with Crippen LogP contribution in [-0.2, 0) is 67.2 Å². The summed E-state index contributed by atoms with van der Waals surface area (Å²) in [6.07, 6.45) is 10.1. The van der Waals surface area contributed by atoms with Gasteiger partial charge in [0.15, 0.2) is 22.6 Å². The number of anilines is 2. The van der Waals surface area contributed by atoms with Gasteiger partial charge in [-0.1, -0.05) is 47.7 Å². The fourth-order valence-corrected chi connectivity index (χ4v) is 12.9. The number of hydrogen-bond acceptors (Lipinski definition) is 22. The molecule has 0 bridgehead atoms. The normalized spacial score (nSPS) is 13.6. The number of carboxylic acid groups (broad SMARTS) is 1. The van der Waals surface area contributed by atoms with Crippen molar-refractivity contribution in [3.63, 3.8) is 0 Å². The number of allylic oxidation sites excluding steroid dienone is 3. The summed E-state index contributed by atoms with van der Waals surface area (Å²) in [7, 11) is 3.24. The van der Waals surface area contributed by atoms with E-state index in [1.54, 1.807) is 49.4 Å². The van der Waals surface area contributed by atoms with Crippen molar-refractivity contribution in [2.75, 3.05) is 138 Å². The van der Waals surface area contributed by atoms with Crippen LogP contribution >= 0.6 is 45.2 Å². The first-order valence-electron chi connectivity index (χ1n) is 35.2. The standard InChI is InChI=1S/C75H86BF2I2N13O16/c1-49-66(79)62(24-9-51-5-17-58(18-6-51)107-43-41-105-39-37-103-33-31-99-3)92-69(49)65(70-50(2)67(80)63(93(70)76(92,77)78)25-10-52-7-19-59(20-8-52)108-44-42-106-40-38-104-34-32-100-4)53-13-21-60(22-14-53)109-48-57-47-91(90-89-57)28-30-102-36-35-101-29-27-82-64(94)26-23-61(74(97)98)86-72(95)54-11-15-55(16-12-54)83-45-56-46-84-71-68(85-56)73(96)88-75(81)87-71/h5-22,24-25,46-47,61,83H,23,26-45,48H2,1-4H3,(H,82,94)(H,86,95)(H,97,98)(H3,81,84,87,88,96)/b24-9+,25-10+. The third kappa shape index (κ3) is 23.1. The summed E-state index contributed by atoms with van der Waals surface area (Å²) in [6, 6.07) is 27.2. The van der Waals surface area contributed by atoms with Crippen molar-refractivity contribution in [2.24, 2.45) is 0 Å². The Morgan fingerprint density at radius 3 is 1.88 bits per heavy atom. The Bertz CT molecular complexity index is 4620. The number of rotatable bonds is 46. The van der Waals surface area contributed by atoms with Crippen LogP contribution in [0.15, 0.2) is 135 Å². The smallest absolute Gasteiger partial charge is 0.491 e. The van der Waals surface area contributed by atoms with Crippen molar-refractivity contribution in [3.05, 3.63) is 195 Å². The van der Waals surface area contributed by atoms with E-state index in [1.807, 2.05) is 98.8 Å². The predicted molar refractivity (Wildman–Crippen MR) is 422 cm³/mol. The van der Waals surface area contributed by atoms with E-state index in [4.69, 9.17) is 57.8 Å². The molecule has 34 heteroatoms. The fourth-order valence-electron chi connectivity index (χ4n) is 11.5. The molecule has 0 aliphatic carbocycles. The van der Waals surface area contributed by atoms with Gasteiger partial charge in [0.25, 0.3) is 11.5 Å². The molecule has 578 valence electrons. The number of hydrogen-bond donors (Lipinski definition) is 6. The van der Waals surface area contributed by atoms with Crippen LogP contribution in [0.1, 0.15) is 75.2 Å². The van der Waals surface area contributed by atoms with E-state index >= 15 is 8.63 Å². The van der Waals surface area contributed by atoms with Crippen LogP contribution < -0.4 is 41.5 Å². The van der Waals surface area contributed by atoms with E-state index in [-0.39, 0.29) is 75.0 Å². The van der Waals surface area contributed by atoms with Gasteiger partial charge in [-0.2, -0.15) is 4.98 Å². The van der Waals surface area contributed by atoms with Crippen molar-refractivity contribution >= 4 is 122 Å². The van der Waals surface area contributed by atoms with Crippen molar-refractivity contribution in [1.82, 2.24) is 50.0 Å². The number of aromatic nitrogens is 8. The Morgan fingerprint density at radius 1 is 0.697 bits per heavy atom. The number of benzene rings is 4. The highest BCUT2D eigenvalue weighted by Gasteiger charge is 2.57. The monoisotopic (exact) mass is 1730 g/mol. The van der Waals surface area contributed by atoms with Gasteiger partial charge in [0.05, 0.1) is 133 Å². The lowest BCUT2D eigenvalue weighted by atomic mass is 9.83. The second kappa shape index (κ2) is 41.4. The largest absolute Gasteiger partial charge is 0.737 e. The highest BCUT2D eigenvalue weighted by molar-refractivity contribution is 14.1. The molecular formula is C75H86BF2I2N13O16. The van der Waals surface area contributed by atoms with E-state index in [0.29, 0.717) is 179 Å². The summed E-state index contributed by atoms with van der Waals surface area (Å²) in [5, 5.41) is 26.6. The SMILES string of the molecule is COCCOCCOCCOc1ccc(/C=C/C2=[N+]3C(=C(c4ccc(OCc5cn(CCOCCOCCNC(=O)CCC(NC(=O)c6ccc(NCc7cnc8nc(N)[nH]c(=O)c8n7)cc6)C(=O)O)nn5)cc4)c4c(C)c(I)c(/C=C/c5ccc(OCCOCCOCCOC)cc5)n4[B-]3(F)F)C(C)=C2I)cc1. The summed E-state index contributed by atoms with van der Waals surface area (Å²) in [5.41, 5.74) is 12.9. The number of carbonyl (C=O) groups excluding carboxylic acids is 2. The van der Waals surface area contributed by atoms with E-state index in [0.717, 1.165) is 11.1 Å². The highest BCUT2D eigenvalue weighted by Crippen LogP contribution is 2.49. The van der Waals surface area contributed by atoms with Crippen LogP contribution in [0.3, 0.4) is 0 Å². The Morgan fingerprint density at radius 2 is 1.27 bits per heavy atom. The number of fused-ring (bicyclic) bond motifs is 3. The Hall–Kier alpha value is -9.38. The van der Waals surface area contributed by atoms with Crippen LogP contribution in [0.25, 0.3) is 35.0 Å². The van der Waals surface area contributed by atoms with Gasteiger partial charge < -0.3 is 96.5 Å². The summed E-state index contributed by atoms with van der Waals surface area (Å²) < 4.78 is 104. The average Bonchev–Trinajstić information content (AvgIpc) is 1.54. The molecule has 6 heterocycles. The van der Waals surface area contributed by atoms with Crippen molar-refractivity contribution in [1.29, 1.82) is 0 Å². The minimum Gasteiger partial charge on any atom is -0.491 e. The molecule has 0 spiro atoms. The molecule has 7 N–H and O–H groups in total. The van der Waals surface area contributed by atoms with Crippen LogP contribution in [-0.4, -0.2) is 212 Å². The quantitative estimate of drug-likeness (QED) is 0.0118. The topological polar surface area (TPSA) is 345 Å². The fraction of sp³-hybridized carbons (Fsp3) is 0.360. The molecule has 8 aromatic rings. The van der Waals surface area contributed by atoms with Gasteiger partial charge in [-0.3, -0.25) is 19.4 Å². The number of aromatic amines is 1. The zero-order chi connectivity index (χ0) is 77.1. The number of carboxylic acids is 1. The number of methoxy groups -OCH3 is 2. The number of aliphatic carboxylic acids is 1. The van der Waals surface area contributed by atoms with Gasteiger partial charge in [-0.05, 0) is 161 Å². The maximum absolute atomic E-state index is 18.3. The second-order valence-electron chi connectivity index (χ2n) is 24.7. The van der Waals surface area contributed by atoms with Crippen molar-refractivity contribution < 1.29 is 84.7 Å². The van der Waals surface area contributed by atoms with E-state index < -0.39 is 36.4 Å². The minimum atomic E-state index is -4.53. The zero-order valence-electron chi connectivity index (χ0n) is 60.7. The number of halogens is 4. The van der Waals surface area contributed by atoms with E-state index in [9.17, 15) is 24.3 Å². The number of nitrogens with zero attached hydrogens (tertiary/aromatic N) is 8. The molecule has 0 saturated carbocycles. The van der Waals surface area contributed by atoms with Gasteiger partial charge in [-0.15, -0.1) is 5.10 Å². The Kier molecular flexibility index (Phi) is 31.2. The van der Waals surface area contributed by atoms with Crippen LogP contribution in [0.5, 0.6) is 17.2 Å². The lowest BCUT2D eigenvalue weighted by molar-refractivity contribution is -0.362. The number of H-pyrrole nitrogens is 1. The molecule has 0 radical (unpaired) electrons. The van der Waals surface area contributed by atoms with Crippen LogP contribution in [0.4, 0.5) is 20.3 Å². The van der Waals surface area contributed by atoms with Gasteiger partial charge >= 0.3 is 12.9 Å². The lowest BCUT2D eigenvalue weighted by Gasteiger charge is -2.34. The molecule has 1 atom stereocenters. The highest BCUT2D eigenvalue weighted by atomic mass is 127. The average molecular weight is 1730 g/mol. The van der Waals surface area contributed by atoms with Gasteiger partial charge in [-0.25, -0.2) is 19.4 Å². The summed E-state index contributed by atoms with van der Waals surface area (Å²) in [5.74, 6) is -0.597. The first-order valence-corrected chi connectivity index (χ1v) is 37.3. The van der Waals surface area contributed by atoms with E-state index in [2.05, 4.69) is 91.4 Å². The maximum Gasteiger partial charge on any atom is 0.737 e. The first-order chi connectivity index (χ1) is 52.9. The first kappa shape index (κ1) is 82.1. The minimum absolute atomic E-state index is 0.0379. The van der Waals surface area contributed by atoms with Gasteiger partial charge in [0, 0.05) is 65.0 Å². The molecule has 2 aliphatic heterocycles. The molecule has 1 unspecified atom stereocenters. The molecule has 0 fully saturated rings. The lowest BCUT2D eigenvalue weighted by Crippen LogP contribution is -2.51.